The molecule has 1 aliphatic heterocycles. The Labute approximate surface area is 196 Å². The fourth-order valence-corrected chi connectivity index (χ4v) is 5.03. The Bertz CT molecular complexity index is 1280. The highest BCUT2D eigenvalue weighted by molar-refractivity contribution is 8.00. The van der Waals surface area contributed by atoms with E-state index in [1.54, 1.807) is 6.07 Å². The third kappa shape index (κ3) is 4.64. The van der Waals surface area contributed by atoms with Crippen molar-refractivity contribution in [3.05, 3.63) is 89.7 Å². The van der Waals surface area contributed by atoms with Crippen LogP contribution in [0.3, 0.4) is 0 Å². The summed E-state index contributed by atoms with van der Waals surface area (Å²) in [7, 11) is 0. The molecule has 166 valence electrons. The normalized spacial score (nSPS) is 12.7. The van der Waals surface area contributed by atoms with Gasteiger partial charge in [-0.05, 0) is 42.3 Å². The highest BCUT2D eigenvalue weighted by atomic mass is 32.2. The number of imidazole rings is 1. The number of aromatic nitrogens is 2. The third-order valence-corrected chi connectivity index (χ3v) is 6.82. The van der Waals surface area contributed by atoms with Gasteiger partial charge in [0, 0.05) is 30.1 Å². The molecule has 2 N–H and O–H groups in total. The molecule has 1 aliphatic rings. The number of anilines is 1. The summed E-state index contributed by atoms with van der Waals surface area (Å²) < 4.78 is 0. The molecule has 0 bridgehead atoms. The van der Waals surface area contributed by atoms with Gasteiger partial charge in [0.2, 0.25) is 5.91 Å². The predicted octanol–water partition coefficient (Wildman–Crippen LogP) is 4.22. The number of rotatable bonds is 7. The molecule has 1 aromatic heterocycles. The lowest BCUT2D eigenvalue weighted by Gasteiger charge is -2.17. The van der Waals surface area contributed by atoms with Crippen LogP contribution in [0.4, 0.5) is 5.69 Å². The number of para-hydroxylation sites is 3. The fraction of sp³-hybridized carbons (Fsp3) is 0.192. The van der Waals surface area contributed by atoms with E-state index in [4.69, 9.17) is 0 Å². The van der Waals surface area contributed by atoms with Crippen LogP contribution in [-0.4, -0.2) is 40.6 Å². The summed E-state index contributed by atoms with van der Waals surface area (Å²) >= 11 is 1.41. The van der Waals surface area contributed by atoms with Gasteiger partial charge >= 0.3 is 0 Å². The van der Waals surface area contributed by atoms with Crippen molar-refractivity contribution in [2.45, 2.75) is 17.7 Å². The molecule has 0 unspecified atom stereocenters. The quantitative estimate of drug-likeness (QED) is 0.408. The molecule has 0 saturated heterocycles. The molecule has 2 amide bonds. The lowest BCUT2D eigenvalue weighted by Crippen LogP contribution is -2.30. The fourth-order valence-electron chi connectivity index (χ4n) is 4.11. The van der Waals surface area contributed by atoms with Gasteiger partial charge in [-0.1, -0.05) is 42.5 Å². The van der Waals surface area contributed by atoms with Gasteiger partial charge in [0.1, 0.15) is 5.82 Å². The Hall–Kier alpha value is -3.58. The van der Waals surface area contributed by atoms with Gasteiger partial charge in [-0.25, -0.2) is 4.98 Å². The summed E-state index contributed by atoms with van der Waals surface area (Å²) in [6, 6.07) is 23.3. The van der Waals surface area contributed by atoms with Gasteiger partial charge in [0.15, 0.2) is 0 Å². The highest BCUT2D eigenvalue weighted by Crippen LogP contribution is 2.29. The lowest BCUT2D eigenvalue weighted by molar-refractivity contribution is -0.116. The molecular weight excluding hydrogens is 432 g/mol. The summed E-state index contributed by atoms with van der Waals surface area (Å²) in [5.74, 6) is 1.05. The van der Waals surface area contributed by atoms with Crippen molar-refractivity contribution in [1.29, 1.82) is 0 Å². The number of benzene rings is 3. The monoisotopic (exact) mass is 456 g/mol. The van der Waals surface area contributed by atoms with E-state index in [0.29, 0.717) is 25.1 Å². The first-order valence-corrected chi connectivity index (χ1v) is 12.0. The molecule has 7 heteroatoms. The number of nitrogens with one attached hydrogen (secondary N) is 2. The number of carbonyl (C=O) groups excluding carboxylic acids is 2. The van der Waals surface area contributed by atoms with Gasteiger partial charge in [-0.3, -0.25) is 9.59 Å². The molecule has 0 aliphatic carbocycles. The molecule has 33 heavy (non-hydrogen) atoms. The van der Waals surface area contributed by atoms with Gasteiger partial charge < -0.3 is 15.2 Å². The Morgan fingerprint density at radius 2 is 1.79 bits per heavy atom. The zero-order valence-corrected chi connectivity index (χ0v) is 18.9. The first-order valence-electron chi connectivity index (χ1n) is 11.0. The smallest absolute Gasteiger partial charge is 0.252 e. The van der Waals surface area contributed by atoms with Crippen molar-refractivity contribution in [2.75, 3.05) is 23.7 Å². The average Bonchev–Trinajstić information content (AvgIpc) is 3.46. The van der Waals surface area contributed by atoms with Gasteiger partial charge in [0.05, 0.1) is 22.3 Å². The largest absolute Gasteiger partial charge is 0.352 e. The van der Waals surface area contributed by atoms with E-state index >= 15 is 0 Å². The van der Waals surface area contributed by atoms with Crippen molar-refractivity contribution in [1.82, 2.24) is 15.3 Å². The minimum atomic E-state index is -0.145. The van der Waals surface area contributed by atoms with Crippen LogP contribution in [0.1, 0.15) is 21.7 Å². The summed E-state index contributed by atoms with van der Waals surface area (Å²) in [5.41, 5.74) is 4.71. The second kappa shape index (κ2) is 9.50. The number of carbonyl (C=O) groups is 2. The van der Waals surface area contributed by atoms with E-state index in [1.807, 2.05) is 65.6 Å². The molecule has 2 heterocycles. The average molecular weight is 457 g/mol. The van der Waals surface area contributed by atoms with Gasteiger partial charge in [-0.15, -0.1) is 11.8 Å². The maximum absolute atomic E-state index is 12.9. The number of amides is 2. The molecule has 3 aromatic carbocycles. The molecule has 4 aromatic rings. The van der Waals surface area contributed by atoms with Crippen LogP contribution in [0, 0.1) is 0 Å². The van der Waals surface area contributed by atoms with E-state index < -0.39 is 0 Å². The third-order valence-electron chi connectivity index (χ3n) is 5.76. The first-order chi connectivity index (χ1) is 16.2. The van der Waals surface area contributed by atoms with Crippen molar-refractivity contribution in [3.8, 4) is 0 Å². The van der Waals surface area contributed by atoms with Crippen molar-refractivity contribution in [3.63, 3.8) is 0 Å². The SMILES string of the molecule is O=C(NCCc1nc2ccccc2[nH]1)c1ccccc1SCC(=O)N1CCc2ccccc21. The Kier molecular flexibility index (Phi) is 6.13. The predicted molar refractivity (Wildman–Crippen MR) is 132 cm³/mol. The van der Waals surface area contributed by atoms with Crippen LogP contribution in [-0.2, 0) is 17.6 Å². The minimum absolute atomic E-state index is 0.0602. The second-order valence-corrected chi connectivity index (χ2v) is 8.93. The van der Waals surface area contributed by atoms with E-state index in [-0.39, 0.29) is 17.6 Å². The van der Waals surface area contributed by atoms with Crippen LogP contribution >= 0.6 is 11.8 Å². The molecule has 0 fully saturated rings. The number of H-pyrrole nitrogens is 1. The number of nitrogens with zero attached hydrogens (tertiary/aromatic N) is 2. The van der Waals surface area contributed by atoms with Gasteiger partial charge in [0.25, 0.3) is 5.91 Å². The first kappa shape index (κ1) is 21.3. The standard InChI is InChI=1S/C26H24N4O2S/c31-25(30-16-14-18-7-1-5-11-22(18)30)17-33-23-12-6-2-8-19(23)26(32)27-15-13-24-28-20-9-3-4-10-21(20)29-24/h1-12H,13-17H2,(H,27,32)(H,28,29). The molecule has 0 saturated carbocycles. The van der Waals surface area contributed by atoms with Crippen molar-refractivity contribution in [2.24, 2.45) is 0 Å². The minimum Gasteiger partial charge on any atom is -0.352 e. The van der Waals surface area contributed by atoms with Crippen molar-refractivity contribution < 1.29 is 9.59 Å². The van der Waals surface area contributed by atoms with Crippen LogP contribution in [0.25, 0.3) is 11.0 Å². The second-order valence-electron chi connectivity index (χ2n) is 7.92. The van der Waals surface area contributed by atoms with E-state index in [2.05, 4.69) is 21.4 Å². The maximum atomic E-state index is 12.9. The number of thioether (sulfide) groups is 1. The Morgan fingerprint density at radius 1 is 1.00 bits per heavy atom. The van der Waals surface area contributed by atoms with E-state index in [9.17, 15) is 9.59 Å². The highest BCUT2D eigenvalue weighted by Gasteiger charge is 2.24. The zero-order valence-electron chi connectivity index (χ0n) is 18.1. The number of hydrogen-bond donors (Lipinski definition) is 2. The lowest BCUT2D eigenvalue weighted by atomic mass is 10.2. The number of fused-ring (bicyclic) bond motifs is 2. The van der Waals surface area contributed by atoms with Crippen LogP contribution in [0.15, 0.2) is 77.7 Å². The van der Waals surface area contributed by atoms with Crippen LogP contribution < -0.4 is 10.2 Å². The Balaban J connectivity index is 1.18. The van der Waals surface area contributed by atoms with Crippen LogP contribution in [0.2, 0.25) is 0 Å². The number of hydrogen-bond acceptors (Lipinski definition) is 4. The topological polar surface area (TPSA) is 78.1 Å². The molecular formula is C26H24N4O2S. The summed E-state index contributed by atoms with van der Waals surface area (Å²) in [6.45, 7) is 1.18. The molecule has 6 nitrogen and oxygen atoms in total. The molecule has 5 rings (SSSR count). The van der Waals surface area contributed by atoms with Crippen molar-refractivity contribution >= 4 is 40.3 Å². The Morgan fingerprint density at radius 3 is 2.70 bits per heavy atom. The summed E-state index contributed by atoms with van der Waals surface area (Å²) in [4.78, 5) is 36.2. The zero-order chi connectivity index (χ0) is 22.6. The summed E-state index contributed by atoms with van der Waals surface area (Å²) in [5, 5.41) is 2.98. The number of aromatic amines is 1. The maximum Gasteiger partial charge on any atom is 0.252 e. The molecule has 0 atom stereocenters. The summed E-state index contributed by atoms with van der Waals surface area (Å²) in [6.07, 6.45) is 1.50. The van der Waals surface area contributed by atoms with E-state index in [0.717, 1.165) is 33.9 Å². The molecule has 0 spiro atoms. The van der Waals surface area contributed by atoms with Gasteiger partial charge in [-0.2, -0.15) is 0 Å². The van der Waals surface area contributed by atoms with Crippen LogP contribution in [0.5, 0.6) is 0 Å². The molecule has 0 radical (unpaired) electrons. The van der Waals surface area contributed by atoms with E-state index in [1.165, 1.54) is 17.3 Å².